The van der Waals surface area contributed by atoms with Crippen LogP contribution in [-0.2, 0) is 10.0 Å². The summed E-state index contributed by atoms with van der Waals surface area (Å²) >= 11 is 3.35. The molecule has 0 radical (unpaired) electrons. The zero-order valence-corrected chi connectivity index (χ0v) is 15.9. The van der Waals surface area contributed by atoms with Crippen molar-refractivity contribution in [2.75, 3.05) is 19.7 Å². The molecule has 0 aliphatic carbocycles. The van der Waals surface area contributed by atoms with Gasteiger partial charge in [-0.2, -0.15) is 0 Å². The van der Waals surface area contributed by atoms with Gasteiger partial charge in [0.25, 0.3) is 0 Å². The van der Waals surface area contributed by atoms with Gasteiger partial charge in [-0.1, -0.05) is 6.92 Å². The molecule has 5 nitrogen and oxygen atoms in total. The largest absolute Gasteiger partial charge is 0.493 e. The summed E-state index contributed by atoms with van der Waals surface area (Å²) in [6, 6.07) is 4.74. The van der Waals surface area contributed by atoms with Crippen LogP contribution in [0.4, 0.5) is 0 Å². The first-order chi connectivity index (χ1) is 9.94. The van der Waals surface area contributed by atoms with Crippen molar-refractivity contribution < 1.29 is 13.2 Å². The molecule has 1 aliphatic heterocycles. The van der Waals surface area contributed by atoms with E-state index in [1.165, 1.54) is 0 Å². The van der Waals surface area contributed by atoms with E-state index in [4.69, 9.17) is 4.74 Å². The van der Waals surface area contributed by atoms with Crippen LogP contribution in [0, 0.1) is 5.92 Å². The highest BCUT2D eigenvalue weighted by Crippen LogP contribution is 2.28. The van der Waals surface area contributed by atoms with Crippen LogP contribution in [0.15, 0.2) is 27.6 Å². The van der Waals surface area contributed by atoms with Crippen LogP contribution >= 0.6 is 28.3 Å². The summed E-state index contributed by atoms with van der Waals surface area (Å²) in [6.07, 6.45) is 0.972. The fourth-order valence-electron chi connectivity index (χ4n) is 2.34. The maximum Gasteiger partial charge on any atom is 0.240 e. The van der Waals surface area contributed by atoms with E-state index in [-0.39, 0.29) is 23.3 Å². The summed E-state index contributed by atoms with van der Waals surface area (Å²) in [4.78, 5) is 0.246. The second-order valence-electron chi connectivity index (χ2n) is 5.22. The van der Waals surface area contributed by atoms with Crippen molar-refractivity contribution in [1.82, 2.24) is 10.0 Å². The lowest BCUT2D eigenvalue weighted by Crippen LogP contribution is -2.50. The zero-order valence-electron chi connectivity index (χ0n) is 12.6. The number of hydrogen-bond donors (Lipinski definition) is 2. The third-order valence-electron chi connectivity index (χ3n) is 3.65. The predicted octanol–water partition coefficient (Wildman–Crippen LogP) is 2.55. The summed E-state index contributed by atoms with van der Waals surface area (Å²) in [5, 5.41) is 3.22. The first kappa shape index (κ1) is 19.7. The predicted molar refractivity (Wildman–Crippen MR) is 93.3 cm³/mol. The Hall–Kier alpha value is -0.340. The summed E-state index contributed by atoms with van der Waals surface area (Å²) in [5.41, 5.74) is 0. The second-order valence-corrected chi connectivity index (χ2v) is 7.79. The van der Waals surface area contributed by atoms with Crippen molar-refractivity contribution in [2.24, 2.45) is 5.92 Å². The molecule has 2 rings (SSSR count). The van der Waals surface area contributed by atoms with Gasteiger partial charge >= 0.3 is 0 Å². The molecule has 1 heterocycles. The number of sulfonamides is 1. The highest BCUT2D eigenvalue weighted by molar-refractivity contribution is 9.10. The Morgan fingerprint density at radius 2 is 2.18 bits per heavy atom. The summed E-state index contributed by atoms with van der Waals surface area (Å²) in [5.74, 6) is 0.969. The van der Waals surface area contributed by atoms with Gasteiger partial charge in [-0.15, -0.1) is 12.4 Å². The fraction of sp³-hybridized carbons (Fsp3) is 0.571. The molecule has 22 heavy (non-hydrogen) atoms. The van der Waals surface area contributed by atoms with E-state index in [1.54, 1.807) is 18.2 Å². The number of benzene rings is 1. The van der Waals surface area contributed by atoms with E-state index in [1.807, 2.05) is 6.92 Å². The third-order valence-corrected chi connectivity index (χ3v) is 5.75. The molecule has 1 aromatic rings. The van der Waals surface area contributed by atoms with Gasteiger partial charge in [-0.3, -0.25) is 0 Å². The molecule has 0 aromatic heterocycles. The minimum absolute atomic E-state index is 0. The van der Waals surface area contributed by atoms with E-state index in [9.17, 15) is 8.42 Å². The van der Waals surface area contributed by atoms with Crippen molar-refractivity contribution in [3.8, 4) is 5.75 Å². The highest BCUT2D eigenvalue weighted by Gasteiger charge is 2.27. The van der Waals surface area contributed by atoms with Crippen molar-refractivity contribution in [3.05, 3.63) is 22.7 Å². The van der Waals surface area contributed by atoms with Gasteiger partial charge in [0.1, 0.15) is 5.75 Å². The van der Waals surface area contributed by atoms with E-state index in [0.29, 0.717) is 29.3 Å². The molecular formula is C14H22BrClN2O3S. The van der Waals surface area contributed by atoms with E-state index >= 15 is 0 Å². The van der Waals surface area contributed by atoms with Crippen LogP contribution in [0.2, 0.25) is 0 Å². The molecule has 0 amide bonds. The average molecular weight is 414 g/mol. The molecule has 0 spiro atoms. The standard InChI is InChI=1S/C14H21BrN2O3S.ClH/c1-3-20-14-5-4-11(8-12(14)15)21(18,19)17-13-9-16-7-6-10(13)2;/h4-5,8,10,13,16-17H,3,6-7,9H2,1-2H3;1H. The highest BCUT2D eigenvalue weighted by atomic mass is 79.9. The molecule has 1 aromatic carbocycles. The van der Waals surface area contributed by atoms with Crippen LogP contribution in [0.1, 0.15) is 20.3 Å². The minimum Gasteiger partial charge on any atom is -0.493 e. The Morgan fingerprint density at radius 1 is 1.45 bits per heavy atom. The molecular weight excluding hydrogens is 392 g/mol. The Bertz CT molecular complexity index is 598. The average Bonchev–Trinajstić information content (AvgIpc) is 2.43. The maximum absolute atomic E-state index is 12.5. The SMILES string of the molecule is CCOc1ccc(S(=O)(=O)NC2CNCCC2C)cc1Br.Cl. The van der Waals surface area contributed by atoms with Crippen molar-refractivity contribution in [3.63, 3.8) is 0 Å². The van der Waals surface area contributed by atoms with Crippen LogP contribution < -0.4 is 14.8 Å². The Morgan fingerprint density at radius 3 is 2.77 bits per heavy atom. The lowest BCUT2D eigenvalue weighted by molar-refractivity contribution is 0.327. The number of halogens is 2. The van der Waals surface area contributed by atoms with Crippen molar-refractivity contribution in [1.29, 1.82) is 0 Å². The van der Waals surface area contributed by atoms with Crippen LogP contribution in [0.5, 0.6) is 5.75 Å². The lowest BCUT2D eigenvalue weighted by atomic mass is 9.96. The van der Waals surface area contributed by atoms with Gasteiger partial charge in [0.15, 0.2) is 0 Å². The normalized spacial score (nSPS) is 22.0. The summed E-state index contributed by atoms with van der Waals surface area (Å²) < 4.78 is 33.8. The van der Waals surface area contributed by atoms with Crippen LogP contribution in [0.25, 0.3) is 0 Å². The van der Waals surface area contributed by atoms with E-state index < -0.39 is 10.0 Å². The van der Waals surface area contributed by atoms with Crippen LogP contribution in [-0.4, -0.2) is 34.2 Å². The lowest BCUT2D eigenvalue weighted by Gasteiger charge is -2.30. The van der Waals surface area contributed by atoms with Crippen molar-refractivity contribution >= 4 is 38.4 Å². The number of nitrogens with one attached hydrogen (secondary N) is 2. The third kappa shape index (κ3) is 4.83. The van der Waals surface area contributed by atoms with Gasteiger partial charge in [0.2, 0.25) is 10.0 Å². The minimum atomic E-state index is -3.52. The molecule has 0 saturated carbocycles. The molecule has 1 saturated heterocycles. The Balaban J connectivity index is 0.00000242. The summed E-state index contributed by atoms with van der Waals surface area (Å²) in [7, 11) is -3.52. The summed E-state index contributed by atoms with van der Waals surface area (Å²) in [6.45, 7) is 6.10. The molecule has 126 valence electrons. The fourth-order valence-corrected chi connectivity index (χ4v) is 4.35. The monoisotopic (exact) mass is 412 g/mol. The number of ether oxygens (including phenoxy) is 1. The maximum atomic E-state index is 12.5. The number of piperidine rings is 1. The Labute approximate surface area is 146 Å². The molecule has 8 heteroatoms. The first-order valence-corrected chi connectivity index (χ1v) is 9.37. The van der Waals surface area contributed by atoms with Gasteiger partial charge in [-0.05, 0) is 59.9 Å². The molecule has 1 aliphatic rings. The first-order valence-electron chi connectivity index (χ1n) is 7.09. The van der Waals surface area contributed by atoms with E-state index in [0.717, 1.165) is 13.0 Å². The second kappa shape index (κ2) is 8.49. The van der Waals surface area contributed by atoms with Crippen LogP contribution in [0.3, 0.4) is 0 Å². The van der Waals surface area contributed by atoms with E-state index in [2.05, 4.69) is 32.9 Å². The van der Waals surface area contributed by atoms with Gasteiger partial charge in [0, 0.05) is 12.6 Å². The van der Waals surface area contributed by atoms with Gasteiger partial charge < -0.3 is 10.1 Å². The molecule has 2 atom stereocenters. The molecule has 0 bridgehead atoms. The quantitative estimate of drug-likeness (QED) is 0.778. The van der Waals surface area contributed by atoms with Crippen molar-refractivity contribution in [2.45, 2.75) is 31.2 Å². The Kier molecular flexibility index (Phi) is 7.61. The molecule has 2 N–H and O–H groups in total. The zero-order chi connectivity index (χ0) is 15.5. The van der Waals surface area contributed by atoms with Gasteiger partial charge in [-0.25, -0.2) is 13.1 Å². The topological polar surface area (TPSA) is 67.4 Å². The number of rotatable bonds is 5. The smallest absolute Gasteiger partial charge is 0.240 e. The number of hydrogen-bond acceptors (Lipinski definition) is 4. The molecule has 1 fully saturated rings. The molecule has 2 unspecified atom stereocenters. The van der Waals surface area contributed by atoms with Gasteiger partial charge in [0.05, 0.1) is 16.0 Å².